The lowest BCUT2D eigenvalue weighted by Crippen LogP contribution is -2.33. The number of rotatable bonds is 5. The summed E-state index contributed by atoms with van der Waals surface area (Å²) in [4.78, 5) is 7.26. The molecule has 0 aromatic carbocycles. The van der Waals surface area contributed by atoms with E-state index < -0.39 is 0 Å². The molecule has 1 aliphatic heterocycles. The average molecular weight is 261 g/mol. The highest BCUT2D eigenvalue weighted by molar-refractivity contribution is 5.43. The quantitative estimate of drug-likeness (QED) is 0.883. The Labute approximate surface area is 117 Å². The molecule has 0 saturated carbocycles. The summed E-state index contributed by atoms with van der Waals surface area (Å²) in [5.41, 5.74) is 2.58. The molecule has 19 heavy (non-hydrogen) atoms. The van der Waals surface area contributed by atoms with Crippen LogP contribution in [0.5, 0.6) is 0 Å². The number of piperidine rings is 1. The highest BCUT2D eigenvalue weighted by Crippen LogP contribution is 2.23. The summed E-state index contributed by atoms with van der Waals surface area (Å²) in [7, 11) is 0. The fourth-order valence-electron chi connectivity index (χ4n) is 2.59. The molecule has 0 unspecified atom stereocenters. The Bertz CT molecular complexity index is 395. The highest BCUT2D eigenvalue weighted by atomic mass is 15.2. The van der Waals surface area contributed by atoms with Crippen LogP contribution in [-0.2, 0) is 13.0 Å². The van der Waals surface area contributed by atoms with Crippen LogP contribution in [0, 0.1) is 5.92 Å². The van der Waals surface area contributed by atoms with Crippen molar-refractivity contribution in [3.63, 3.8) is 0 Å². The third kappa shape index (κ3) is 3.93. The van der Waals surface area contributed by atoms with Crippen LogP contribution in [0.15, 0.2) is 12.1 Å². The molecule has 1 N–H and O–H groups in total. The maximum atomic E-state index is 4.81. The predicted molar refractivity (Wildman–Crippen MR) is 81.6 cm³/mol. The summed E-state index contributed by atoms with van der Waals surface area (Å²) in [6.45, 7) is 11.0. The van der Waals surface area contributed by atoms with E-state index in [0.717, 1.165) is 38.5 Å². The Hall–Kier alpha value is -1.09. The third-order valence-corrected chi connectivity index (χ3v) is 3.97. The number of aromatic nitrogens is 1. The van der Waals surface area contributed by atoms with Gasteiger partial charge in [0.1, 0.15) is 5.82 Å². The molecule has 0 atom stereocenters. The van der Waals surface area contributed by atoms with Gasteiger partial charge >= 0.3 is 0 Å². The molecular weight excluding hydrogens is 234 g/mol. The molecule has 3 nitrogen and oxygen atoms in total. The van der Waals surface area contributed by atoms with E-state index >= 15 is 0 Å². The maximum absolute atomic E-state index is 4.81. The first-order valence-corrected chi connectivity index (χ1v) is 7.68. The minimum Gasteiger partial charge on any atom is -0.357 e. The van der Waals surface area contributed by atoms with Crippen LogP contribution >= 0.6 is 0 Å². The number of nitrogens with zero attached hydrogens (tertiary/aromatic N) is 2. The lowest BCUT2D eigenvalue weighted by molar-refractivity contribution is 0.436. The van der Waals surface area contributed by atoms with E-state index in [-0.39, 0.29) is 0 Å². The SMILES string of the molecule is CCNCc1cc(CC)nc(N2CCC(C)CC2)c1. The van der Waals surface area contributed by atoms with Gasteiger partial charge in [0.05, 0.1) is 0 Å². The second-order valence-electron chi connectivity index (χ2n) is 5.63. The maximum Gasteiger partial charge on any atom is 0.129 e. The largest absolute Gasteiger partial charge is 0.357 e. The van der Waals surface area contributed by atoms with Crippen LogP contribution in [0.25, 0.3) is 0 Å². The molecule has 2 rings (SSSR count). The van der Waals surface area contributed by atoms with Crippen LogP contribution in [0.1, 0.15) is 44.9 Å². The van der Waals surface area contributed by atoms with E-state index in [1.165, 1.54) is 29.9 Å². The van der Waals surface area contributed by atoms with Gasteiger partial charge in [-0.05, 0) is 49.4 Å². The van der Waals surface area contributed by atoms with Gasteiger partial charge in [-0.1, -0.05) is 20.8 Å². The van der Waals surface area contributed by atoms with E-state index in [4.69, 9.17) is 4.98 Å². The average Bonchev–Trinajstić information content (AvgIpc) is 2.45. The summed E-state index contributed by atoms with van der Waals surface area (Å²) >= 11 is 0. The van der Waals surface area contributed by atoms with E-state index in [1.54, 1.807) is 0 Å². The summed E-state index contributed by atoms with van der Waals surface area (Å²) in [6, 6.07) is 4.50. The monoisotopic (exact) mass is 261 g/mol. The van der Waals surface area contributed by atoms with Gasteiger partial charge in [-0.25, -0.2) is 4.98 Å². The molecule has 0 spiro atoms. The molecule has 1 aromatic rings. The van der Waals surface area contributed by atoms with Gasteiger partial charge in [-0.2, -0.15) is 0 Å². The molecule has 0 radical (unpaired) electrons. The first-order chi connectivity index (χ1) is 9.22. The zero-order valence-corrected chi connectivity index (χ0v) is 12.6. The predicted octanol–water partition coefficient (Wildman–Crippen LogP) is 2.99. The number of anilines is 1. The molecule has 0 aliphatic carbocycles. The molecular formula is C16H27N3. The molecule has 2 heterocycles. The smallest absolute Gasteiger partial charge is 0.129 e. The second kappa shape index (κ2) is 6.90. The van der Waals surface area contributed by atoms with Crippen LogP contribution in [0.4, 0.5) is 5.82 Å². The number of hydrogen-bond donors (Lipinski definition) is 1. The first-order valence-electron chi connectivity index (χ1n) is 7.68. The van der Waals surface area contributed by atoms with Crippen molar-refractivity contribution in [1.82, 2.24) is 10.3 Å². The number of nitrogens with one attached hydrogen (secondary N) is 1. The summed E-state index contributed by atoms with van der Waals surface area (Å²) < 4.78 is 0. The van der Waals surface area contributed by atoms with Gasteiger partial charge in [-0.3, -0.25) is 0 Å². The number of aryl methyl sites for hydroxylation is 1. The van der Waals surface area contributed by atoms with Crippen molar-refractivity contribution >= 4 is 5.82 Å². The fraction of sp³-hybridized carbons (Fsp3) is 0.688. The van der Waals surface area contributed by atoms with E-state index in [1.807, 2.05) is 0 Å². The molecule has 0 bridgehead atoms. The van der Waals surface area contributed by atoms with Gasteiger partial charge in [-0.15, -0.1) is 0 Å². The molecule has 1 aromatic heterocycles. The van der Waals surface area contributed by atoms with Gasteiger partial charge < -0.3 is 10.2 Å². The standard InChI is InChI=1S/C16H27N3/c1-4-15-10-14(12-17-5-2)11-16(18-15)19-8-6-13(3)7-9-19/h10-11,13,17H,4-9,12H2,1-3H3. The Morgan fingerprint density at radius 3 is 2.63 bits per heavy atom. The Kier molecular flexibility index (Phi) is 5.20. The van der Waals surface area contributed by atoms with Crippen LogP contribution in [0.3, 0.4) is 0 Å². The van der Waals surface area contributed by atoms with E-state index in [9.17, 15) is 0 Å². The van der Waals surface area contributed by atoms with Gasteiger partial charge in [0.2, 0.25) is 0 Å². The summed E-state index contributed by atoms with van der Waals surface area (Å²) in [5.74, 6) is 2.05. The second-order valence-corrected chi connectivity index (χ2v) is 5.63. The van der Waals surface area contributed by atoms with Gasteiger partial charge in [0.15, 0.2) is 0 Å². The Morgan fingerprint density at radius 2 is 2.00 bits per heavy atom. The molecule has 3 heteroatoms. The van der Waals surface area contributed by atoms with Crippen molar-refractivity contribution in [2.45, 2.75) is 46.6 Å². The zero-order valence-electron chi connectivity index (χ0n) is 12.6. The fourth-order valence-corrected chi connectivity index (χ4v) is 2.59. The molecule has 1 aliphatic rings. The summed E-state index contributed by atoms with van der Waals surface area (Å²) in [6.07, 6.45) is 3.60. The minimum absolute atomic E-state index is 0.867. The summed E-state index contributed by atoms with van der Waals surface area (Å²) in [5, 5.41) is 3.41. The molecule has 0 amide bonds. The molecule has 1 saturated heterocycles. The van der Waals surface area contributed by atoms with Crippen molar-refractivity contribution in [2.24, 2.45) is 5.92 Å². The van der Waals surface area contributed by atoms with Crippen molar-refractivity contribution in [1.29, 1.82) is 0 Å². The Morgan fingerprint density at radius 1 is 1.26 bits per heavy atom. The van der Waals surface area contributed by atoms with Crippen LogP contribution < -0.4 is 10.2 Å². The van der Waals surface area contributed by atoms with Crippen molar-refractivity contribution in [3.8, 4) is 0 Å². The lowest BCUT2D eigenvalue weighted by Gasteiger charge is -2.31. The first kappa shape index (κ1) is 14.3. The molecule has 1 fully saturated rings. The molecule has 106 valence electrons. The normalized spacial score (nSPS) is 16.9. The topological polar surface area (TPSA) is 28.2 Å². The van der Waals surface area contributed by atoms with Crippen LogP contribution in [-0.4, -0.2) is 24.6 Å². The number of hydrogen-bond acceptors (Lipinski definition) is 3. The minimum atomic E-state index is 0.867. The highest BCUT2D eigenvalue weighted by Gasteiger charge is 2.17. The van der Waals surface area contributed by atoms with Gasteiger partial charge in [0.25, 0.3) is 0 Å². The zero-order chi connectivity index (χ0) is 13.7. The lowest BCUT2D eigenvalue weighted by atomic mass is 9.99. The van der Waals surface area contributed by atoms with Crippen molar-refractivity contribution < 1.29 is 0 Å². The van der Waals surface area contributed by atoms with E-state index in [0.29, 0.717) is 0 Å². The third-order valence-electron chi connectivity index (χ3n) is 3.97. The van der Waals surface area contributed by atoms with Crippen molar-refractivity contribution in [2.75, 3.05) is 24.5 Å². The van der Waals surface area contributed by atoms with Crippen LogP contribution in [0.2, 0.25) is 0 Å². The Balaban J connectivity index is 2.14. The number of pyridine rings is 1. The van der Waals surface area contributed by atoms with Gasteiger partial charge in [0, 0.05) is 25.3 Å². The van der Waals surface area contributed by atoms with Crippen molar-refractivity contribution in [3.05, 3.63) is 23.4 Å². The van der Waals surface area contributed by atoms with E-state index in [2.05, 4.69) is 43.1 Å².